The van der Waals surface area contributed by atoms with Gasteiger partial charge >= 0.3 is 12.4 Å². The van der Waals surface area contributed by atoms with Crippen LogP contribution in [0.2, 0.25) is 0 Å². The van der Waals surface area contributed by atoms with Crippen LogP contribution in [0, 0.1) is 11.3 Å². The molecule has 0 spiro atoms. The van der Waals surface area contributed by atoms with E-state index in [9.17, 15) is 35.9 Å². The largest absolute Gasteiger partial charge is 0.401 e. The fraction of sp³-hybridized carbons (Fsp3) is 0.846. The summed E-state index contributed by atoms with van der Waals surface area (Å²) < 4.78 is 75.9. The van der Waals surface area contributed by atoms with Gasteiger partial charge in [0.1, 0.15) is 11.2 Å². The standard InChI is InChI=1S/C13H18F6O2/c1-4-11(5-2,13(17,18)19)10(21)7-9(20)6-8(3)12(14,15)16/h8H,4-7H2,1-3H3. The lowest BCUT2D eigenvalue weighted by atomic mass is 9.75. The van der Waals surface area contributed by atoms with Gasteiger partial charge in [-0.1, -0.05) is 20.8 Å². The molecule has 0 N–H and O–H groups in total. The van der Waals surface area contributed by atoms with Crippen LogP contribution in [0.5, 0.6) is 0 Å². The van der Waals surface area contributed by atoms with Crippen molar-refractivity contribution < 1.29 is 35.9 Å². The summed E-state index contributed by atoms with van der Waals surface area (Å²) >= 11 is 0. The van der Waals surface area contributed by atoms with Crippen molar-refractivity contribution in [1.29, 1.82) is 0 Å². The molecule has 1 unspecified atom stereocenters. The number of hydrogen-bond donors (Lipinski definition) is 0. The number of Topliss-reactive ketones (excluding diaryl/α,β-unsaturated/α-hetero) is 2. The van der Waals surface area contributed by atoms with Gasteiger partial charge in [-0.05, 0) is 12.8 Å². The van der Waals surface area contributed by atoms with E-state index < -0.39 is 60.9 Å². The maximum atomic E-state index is 13.0. The van der Waals surface area contributed by atoms with Gasteiger partial charge in [0.05, 0.1) is 12.3 Å². The maximum Gasteiger partial charge on any atom is 0.401 e. The van der Waals surface area contributed by atoms with Crippen molar-refractivity contribution in [2.24, 2.45) is 11.3 Å². The molecule has 0 heterocycles. The van der Waals surface area contributed by atoms with Crippen LogP contribution in [0.3, 0.4) is 0 Å². The third kappa shape index (κ3) is 4.71. The number of alkyl halides is 6. The van der Waals surface area contributed by atoms with Crippen LogP contribution in [0.1, 0.15) is 46.5 Å². The van der Waals surface area contributed by atoms with E-state index >= 15 is 0 Å². The Morgan fingerprint density at radius 1 is 0.952 bits per heavy atom. The second kappa shape index (κ2) is 6.79. The molecule has 8 heteroatoms. The average molecular weight is 320 g/mol. The van der Waals surface area contributed by atoms with Crippen molar-refractivity contribution in [2.45, 2.75) is 58.8 Å². The summed E-state index contributed by atoms with van der Waals surface area (Å²) in [7, 11) is 0. The summed E-state index contributed by atoms with van der Waals surface area (Å²) in [5.74, 6) is -4.47. The predicted molar refractivity (Wildman–Crippen MR) is 63.5 cm³/mol. The molecular weight excluding hydrogens is 302 g/mol. The molecule has 124 valence electrons. The summed E-state index contributed by atoms with van der Waals surface area (Å²) in [4.78, 5) is 23.2. The summed E-state index contributed by atoms with van der Waals surface area (Å²) in [5.41, 5.74) is -2.66. The molecule has 0 aliphatic heterocycles. The fourth-order valence-electron chi connectivity index (χ4n) is 2.08. The highest BCUT2D eigenvalue weighted by atomic mass is 19.4. The molecule has 2 nitrogen and oxygen atoms in total. The topological polar surface area (TPSA) is 34.1 Å². The third-order valence-corrected chi connectivity index (χ3v) is 3.73. The van der Waals surface area contributed by atoms with Gasteiger partial charge in [-0.25, -0.2) is 0 Å². The van der Waals surface area contributed by atoms with E-state index in [1.807, 2.05) is 0 Å². The molecule has 0 saturated heterocycles. The quantitative estimate of drug-likeness (QED) is 0.512. The Morgan fingerprint density at radius 3 is 1.67 bits per heavy atom. The van der Waals surface area contributed by atoms with Crippen LogP contribution in [0.4, 0.5) is 26.3 Å². The molecule has 0 radical (unpaired) electrons. The van der Waals surface area contributed by atoms with Gasteiger partial charge in [0.15, 0.2) is 5.78 Å². The minimum Gasteiger partial charge on any atom is -0.299 e. The molecule has 0 aliphatic carbocycles. The maximum absolute atomic E-state index is 13.0. The highest BCUT2D eigenvalue weighted by Crippen LogP contribution is 2.45. The van der Waals surface area contributed by atoms with E-state index in [2.05, 4.69) is 0 Å². The molecule has 0 amide bonds. The van der Waals surface area contributed by atoms with Gasteiger partial charge < -0.3 is 0 Å². The summed E-state index contributed by atoms with van der Waals surface area (Å²) in [6.07, 6.45) is -12.7. The molecule has 1 atom stereocenters. The van der Waals surface area contributed by atoms with Crippen molar-refractivity contribution in [2.75, 3.05) is 0 Å². The zero-order chi connectivity index (χ0) is 17.1. The monoisotopic (exact) mass is 320 g/mol. The number of carbonyl (C=O) groups is 2. The molecular formula is C13H18F6O2. The lowest BCUT2D eigenvalue weighted by Crippen LogP contribution is -2.45. The summed E-state index contributed by atoms with van der Waals surface area (Å²) in [6.45, 7) is 3.08. The number of halogens is 6. The second-order valence-corrected chi connectivity index (χ2v) is 5.07. The van der Waals surface area contributed by atoms with Gasteiger partial charge in [0, 0.05) is 6.42 Å². The van der Waals surface area contributed by atoms with Crippen molar-refractivity contribution in [3.05, 3.63) is 0 Å². The van der Waals surface area contributed by atoms with Gasteiger partial charge in [-0.2, -0.15) is 26.3 Å². The van der Waals surface area contributed by atoms with Gasteiger partial charge in [-0.3, -0.25) is 9.59 Å². The molecule has 0 saturated carbocycles. The molecule has 21 heavy (non-hydrogen) atoms. The smallest absolute Gasteiger partial charge is 0.299 e. The van der Waals surface area contributed by atoms with E-state index in [4.69, 9.17) is 0 Å². The Balaban J connectivity index is 4.99. The fourth-order valence-corrected chi connectivity index (χ4v) is 2.08. The third-order valence-electron chi connectivity index (χ3n) is 3.73. The number of hydrogen-bond acceptors (Lipinski definition) is 2. The predicted octanol–water partition coefficient (Wildman–Crippen LogP) is 4.47. The van der Waals surface area contributed by atoms with Crippen molar-refractivity contribution >= 4 is 11.6 Å². The Bertz CT molecular complexity index is 379. The molecule has 0 fully saturated rings. The van der Waals surface area contributed by atoms with Gasteiger partial charge in [0.2, 0.25) is 0 Å². The molecule has 0 bridgehead atoms. The Morgan fingerprint density at radius 2 is 1.38 bits per heavy atom. The SMILES string of the molecule is CCC(CC)(C(=O)CC(=O)CC(C)C(F)(F)F)C(F)(F)F. The van der Waals surface area contributed by atoms with E-state index in [1.54, 1.807) is 0 Å². The Hall–Kier alpha value is -1.08. The number of ketones is 2. The zero-order valence-electron chi connectivity index (χ0n) is 12.0. The molecule has 0 aromatic heterocycles. The lowest BCUT2D eigenvalue weighted by Gasteiger charge is -2.32. The first-order valence-corrected chi connectivity index (χ1v) is 6.50. The Kier molecular flexibility index (Phi) is 6.44. The van der Waals surface area contributed by atoms with E-state index in [-0.39, 0.29) is 0 Å². The van der Waals surface area contributed by atoms with Crippen LogP contribution in [-0.4, -0.2) is 23.9 Å². The van der Waals surface area contributed by atoms with E-state index in [0.717, 1.165) is 20.8 Å². The summed E-state index contributed by atoms with van der Waals surface area (Å²) in [5, 5.41) is 0. The van der Waals surface area contributed by atoms with Gasteiger partial charge in [0.25, 0.3) is 0 Å². The van der Waals surface area contributed by atoms with Crippen LogP contribution in [0.25, 0.3) is 0 Å². The lowest BCUT2D eigenvalue weighted by molar-refractivity contribution is -0.222. The minimum absolute atomic E-state index is 0.548. The van der Waals surface area contributed by atoms with Gasteiger partial charge in [-0.15, -0.1) is 0 Å². The normalized spacial score (nSPS) is 14.9. The second-order valence-electron chi connectivity index (χ2n) is 5.07. The van der Waals surface area contributed by atoms with Crippen LogP contribution in [-0.2, 0) is 9.59 Å². The van der Waals surface area contributed by atoms with Crippen molar-refractivity contribution in [3.63, 3.8) is 0 Å². The number of carbonyl (C=O) groups excluding carboxylic acids is 2. The first-order chi connectivity index (χ1) is 9.31. The van der Waals surface area contributed by atoms with Crippen molar-refractivity contribution in [1.82, 2.24) is 0 Å². The van der Waals surface area contributed by atoms with Crippen LogP contribution >= 0.6 is 0 Å². The first kappa shape index (κ1) is 19.9. The number of rotatable bonds is 7. The van der Waals surface area contributed by atoms with Crippen molar-refractivity contribution in [3.8, 4) is 0 Å². The summed E-state index contributed by atoms with van der Waals surface area (Å²) in [6, 6.07) is 0. The van der Waals surface area contributed by atoms with E-state index in [1.165, 1.54) is 0 Å². The minimum atomic E-state index is -4.83. The molecule has 0 aromatic carbocycles. The average Bonchev–Trinajstić information content (AvgIpc) is 2.27. The van der Waals surface area contributed by atoms with Crippen LogP contribution in [0.15, 0.2) is 0 Å². The molecule has 0 aromatic rings. The highest BCUT2D eigenvalue weighted by molar-refractivity contribution is 6.02. The molecule has 0 aliphatic rings. The highest BCUT2D eigenvalue weighted by Gasteiger charge is 2.57. The first-order valence-electron chi connectivity index (χ1n) is 6.50. The zero-order valence-corrected chi connectivity index (χ0v) is 12.0. The van der Waals surface area contributed by atoms with Crippen LogP contribution < -0.4 is 0 Å². The van der Waals surface area contributed by atoms with E-state index in [0.29, 0.717) is 0 Å². The Labute approximate surface area is 118 Å². The molecule has 0 rings (SSSR count).